The van der Waals surface area contributed by atoms with Gasteiger partial charge < -0.3 is 4.74 Å². The molecule has 2 aliphatic carbocycles. The van der Waals surface area contributed by atoms with Crippen LogP contribution in [0.15, 0.2) is 24.8 Å². The van der Waals surface area contributed by atoms with Crippen LogP contribution in [0.4, 0.5) is 0 Å². The van der Waals surface area contributed by atoms with E-state index in [1.165, 1.54) is 51.4 Å². The van der Waals surface area contributed by atoms with Crippen molar-refractivity contribution in [1.29, 1.82) is 0 Å². The number of rotatable bonds is 6. The molecule has 0 amide bonds. The third kappa shape index (κ3) is 4.77. The molecule has 0 spiro atoms. The fraction of sp³-hybridized carbons (Fsp3) is 0.789. The minimum atomic E-state index is 0.794. The molecule has 2 aliphatic rings. The molecule has 0 aromatic rings. The van der Waals surface area contributed by atoms with E-state index in [2.05, 4.69) is 31.7 Å². The summed E-state index contributed by atoms with van der Waals surface area (Å²) in [6, 6.07) is 0. The lowest BCUT2D eigenvalue weighted by Crippen LogP contribution is -2.26. The van der Waals surface area contributed by atoms with Crippen molar-refractivity contribution in [3.8, 4) is 0 Å². The van der Waals surface area contributed by atoms with Gasteiger partial charge in [0.25, 0.3) is 0 Å². The van der Waals surface area contributed by atoms with Gasteiger partial charge in [-0.2, -0.15) is 0 Å². The first-order chi connectivity index (χ1) is 9.83. The zero-order valence-corrected chi connectivity index (χ0v) is 13.2. The zero-order chi connectivity index (χ0) is 14.2. The Morgan fingerprint density at radius 1 is 0.950 bits per heavy atom. The first-order valence-corrected chi connectivity index (χ1v) is 8.65. The maximum Gasteiger partial charge on any atom is 0.0647 e. The van der Waals surface area contributed by atoms with Crippen molar-refractivity contribution in [2.24, 2.45) is 23.7 Å². The highest BCUT2D eigenvalue weighted by Gasteiger charge is 2.30. The fourth-order valence-corrected chi connectivity index (χ4v) is 4.08. The Balaban J connectivity index is 1.63. The lowest BCUT2D eigenvalue weighted by Gasteiger charge is -2.37. The summed E-state index contributed by atoms with van der Waals surface area (Å²) in [4.78, 5) is 0. The Morgan fingerprint density at radius 2 is 1.55 bits per heavy atom. The molecule has 1 heteroatoms. The highest BCUT2D eigenvalue weighted by molar-refractivity contribution is 4.87. The molecule has 0 aromatic carbocycles. The Morgan fingerprint density at radius 3 is 2.10 bits per heavy atom. The summed E-state index contributed by atoms with van der Waals surface area (Å²) in [7, 11) is 0. The van der Waals surface area contributed by atoms with E-state index in [9.17, 15) is 0 Å². The third-order valence-electron chi connectivity index (χ3n) is 5.51. The van der Waals surface area contributed by atoms with Gasteiger partial charge in [0, 0.05) is 6.61 Å². The molecule has 0 heterocycles. The molecule has 2 saturated carbocycles. The molecule has 1 nitrogen and oxygen atoms in total. The van der Waals surface area contributed by atoms with Crippen LogP contribution in [0.5, 0.6) is 0 Å². The summed E-state index contributed by atoms with van der Waals surface area (Å²) >= 11 is 0. The Labute approximate surface area is 125 Å². The summed E-state index contributed by atoms with van der Waals surface area (Å²) < 4.78 is 5.72. The topological polar surface area (TPSA) is 9.23 Å². The van der Waals surface area contributed by atoms with E-state index in [0.717, 1.165) is 36.9 Å². The van der Waals surface area contributed by atoms with E-state index in [1.807, 2.05) is 0 Å². The Bertz CT molecular complexity index is 291. The maximum atomic E-state index is 5.72. The number of hydrogen-bond donors (Lipinski definition) is 0. The zero-order valence-electron chi connectivity index (χ0n) is 13.2. The normalized spacial score (nSPS) is 35.2. The van der Waals surface area contributed by atoms with Crippen molar-refractivity contribution < 1.29 is 4.74 Å². The second-order valence-electron chi connectivity index (χ2n) is 6.80. The SMILES string of the molecule is C=CC1CCC(C2CCC(COCC=CC)CC2)CC1. The van der Waals surface area contributed by atoms with Crippen LogP contribution in [0.1, 0.15) is 58.3 Å². The molecule has 0 atom stereocenters. The van der Waals surface area contributed by atoms with Crippen LogP contribution in [0.2, 0.25) is 0 Å². The summed E-state index contributed by atoms with van der Waals surface area (Å²) in [6.07, 6.45) is 17.7. The lowest BCUT2D eigenvalue weighted by atomic mass is 9.69. The van der Waals surface area contributed by atoms with Gasteiger partial charge in [-0.15, -0.1) is 6.58 Å². The van der Waals surface area contributed by atoms with Crippen LogP contribution >= 0.6 is 0 Å². The van der Waals surface area contributed by atoms with E-state index >= 15 is 0 Å². The van der Waals surface area contributed by atoms with Gasteiger partial charge in [0.2, 0.25) is 0 Å². The van der Waals surface area contributed by atoms with Crippen molar-refractivity contribution in [2.45, 2.75) is 58.3 Å². The van der Waals surface area contributed by atoms with E-state index in [0.29, 0.717) is 0 Å². The van der Waals surface area contributed by atoms with Gasteiger partial charge >= 0.3 is 0 Å². The van der Waals surface area contributed by atoms with Gasteiger partial charge in [-0.1, -0.05) is 18.2 Å². The second-order valence-corrected chi connectivity index (χ2v) is 6.80. The fourth-order valence-electron chi connectivity index (χ4n) is 4.08. The van der Waals surface area contributed by atoms with Gasteiger partial charge in [-0.25, -0.2) is 0 Å². The average Bonchev–Trinajstić information content (AvgIpc) is 2.52. The Hall–Kier alpha value is -0.560. The van der Waals surface area contributed by atoms with Crippen molar-refractivity contribution in [2.75, 3.05) is 13.2 Å². The molecule has 0 N–H and O–H groups in total. The molecule has 0 aromatic heterocycles. The smallest absolute Gasteiger partial charge is 0.0647 e. The minimum Gasteiger partial charge on any atom is -0.377 e. The molecule has 0 radical (unpaired) electrons. The first-order valence-electron chi connectivity index (χ1n) is 8.65. The van der Waals surface area contributed by atoms with E-state index in [4.69, 9.17) is 4.74 Å². The van der Waals surface area contributed by atoms with Gasteiger partial charge in [0.1, 0.15) is 0 Å². The van der Waals surface area contributed by atoms with Crippen LogP contribution in [-0.2, 0) is 4.74 Å². The molecule has 0 saturated heterocycles. The third-order valence-corrected chi connectivity index (χ3v) is 5.51. The predicted molar refractivity (Wildman–Crippen MR) is 86.7 cm³/mol. The van der Waals surface area contributed by atoms with Crippen LogP contribution in [0, 0.1) is 23.7 Å². The standard InChI is InChI=1S/C19H32O/c1-3-5-14-20-15-17-8-12-19(13-9-17)18-10-6-16(4-2)7-11-18/h3-5,16-19H,2,6-15H2,1H3. The molecule has 2 rings (SSSR count). The highest BCUT2D eigenvalue weighted by Crippen LogP contribution is 2.41. The molecule has 114 valence electrons. The molecule has 2 fully saturated rings. The molecule has 20 heavy (non-hydrogen) atoms. The van der Waals surface area contributed by atoms with E-state index in [-0.39, 0.29) is 0 Å². The van der Waals surface area contributed by atoms with Gasteiger partial charge in [-0.3, -0.25) is 0 Å². The summed E-state index contributed by atoms with van der Waals surface area (Å²) in [5.41, 5.74) is 0. The maximum absolute atomic E-state index is 5.72. The number of hydrogen-bond acceptors (Lipinski definition) is 1. The van der Waals surface area contributed by atoms with Gasteiger partial charge in [-0.05, 0) is 82.0 Å². The lowest BCUT2D eigenvalue weighted by molar-refractivity contribution is 0.0799. The molecule has 0 bridgehead atoms. The number of allylic oxidation sites excluding steroid dienone is 2. The average molecular weight is 276 g/mol. The molecule has 0 aliphatic heterocycles. The molecular formula is C19H32O. The highest BCUT2D eigenvalue weighted by atomic mass is 16.5. The first kappa shape index (κ1) is 15.8. The minimum absolute atomic E-state index is 0.794. The van der Waals surface area contributed by atoms with Crippen molar-refractivity contribution in [3.63, 3.8) is 0 Å². The van der Waals surface area contributed by atoms with Crippen LogP contribution in [0.25, 0.3) is 0 Å². The van der Waals surface area contributed by atoms with Gasteiger partial charge in [0.05, 0.1) is 6.61 Å². The van der Waals surface area contributed by atoms with Crippen molar-refractivity contribution in [1.82, 2.24) is 0 Å². The number of ether oxygens (including phenoxy) is 1. The van der Waals surface area contributed by atoms with E-state index in [1.54, 1.807) is 0 Å². The van der Waals surface area contributed by atoms with Crippen molar-refractivity contribution in [3.05, 3.63) is 24.8 Å². The molecule has 0 unspecified atom stereocenters. The molecular weight excluding hydrogens is 244 g/mol. The van der Waals surface area contributed by atoms with Crippen LogP contribution in [0.3, 0.4) is 0 Å². The summed E-state index contributed by atoms with van der Waals surface area (Å²) in [5.74, 6) is 3.65. The second kappa shape index (κ2) is 8.67. The Kier molecular flexibility index (Phi) is 6.86. The van der Waals surface area contributed by atoms with E-state index < -0.39 is 0 Å². The summed E-state index contributed by atoms with van der Waals surface area (Å²) in [6.45, 7) is 7.77. The van der Waals surface area contributed by atoms with Crippen LogP contribution in [-0.4, -0.2) is 13.2 Å². The quantitative estimate of drug-likeness (QED) is 0.467. The monoisotopic (exact) mass is 276 g/mol. The van der Waals surface area contributed by atoms with Crippen LogP contribution < -0.4 is 0 Å². The van der Waals surface area contributed by atoms with Crippen molar-refractivity contribution >= 4 is 0 Å². The largest absolute Gasteiger partial charge is 0.377 e. The van der Waals surface area contributed by atoms with Gasteiger partial charge in [0.15, 0.2) is 0 Å². The predicted octanol–water partition coefficient (Wildman–Crippen LogP) is 5.38. The summed E-state index contributed by atoms with van der Waals surface area (Å²) in [5, 5.41) is 0.